The molecule has 0 bridgehead atoms. The lowest BCUT2D eigenvalue weighted by molar-refractivity contribution is 0.0107. The average Bonchev–Trinajstić information content (AvgIpc) is 3.29. The van der Waals surface area contributed by atoms with Crippen LogP contribution in [0.5, 0.6) is 28.7 Å². The number of hydrogen-bond donors (Lipinski definition) is 1. The summed E-state index contributed by atoms with van der Waals surface area (Å²) in [5, 5.41) is 15.5. The lowest BCUT2D eigenvalue weighted by Crippen LogP contribution is -2.28. The lowest BCUT2D eigenvalue weighted by atomic mass is 9.81. The number of rotatable bonds is 7. The maximum atomic E-state index is 10.5. The van der Waals surface area contributed by atoms with Gasteiger partial charge >= 0.3 is 0 Å². The molecule has 0 amide bonds. The molecule has 3 aromatic rings. The van der Waals surface area contributed by atoms with Crippen LogP contribution >= 0.6 is 11.6 Å². The average molecular weight is 470 g/mol. The third-order valence-electron chi connectivity index (χ3n) is 5.69. The van der Waals surface area contributed by atoms with Gasteiger partial charge in [-0.15, -0.1) is 0 Å². The normalized spacial score (nSPS) is 17.2. The molecule has 0 spiro atoms. The van der Waals surface area contributed by atoms with Crippen molar-refractivity contribution in [1.29, 1.82) is 0 Å². The van der Waals surface area contributed by atoms with E-state index in [0.717, 1.165) is 5.56 Å². The first-order chi connectivity index (χ1) is 16.0. The number of ether oxygens (including phenoxy) is 4. The minimum Gasteiger partial charge on any atom is -0.504 e. The summed E-state index contributed by atoms with van der Waals surface area (Å²) in [4.78, 5) is 6.16. The summed E-state index contributed by atoms with van der Waals surface area (Å²) in [5.41, 5.74) is 1.72. The molecule has 172 valence electrons. The van der Waals surface area contributed by atoms with E-state index in [2.05, 4.69) is 5.16 Å². The zero-order valence-electron chi connectivity index (χ0n) is 18.7. The quantitative estimate of drug-likeness (QED) is 0.515. The molecule has 0 radical (unpaired) electrons. The van der Waals surface area contributed by atoms with Gasteiger partial charge in [-0.3, -0.25) is 0 Å². The van der Waals surface area contributed by atoms with Gasteiger partial charge in [-0.05, 0) is 30.3 Å². The van der Waals surface area contributed by atoms with E-state index in [9.17, 15) is 5.11 Å². The predicted molar refractivity (Wildman–Crippen MR) is 125 cm³/mol. The fourth-order valence-corrected chi connectivity index (χ4v) is 4.25. The fourth-order valence-electron chi connectivity index (χ4n) is 4.00. The molecule has 4 rings (SSSR count). The third-order valence-corrected chi connectivity index (χ3v) is 6.02. The molecular formula is C25H24ClNO6. The maximum absolute atomic E-state index is 10.5. The van der Waals surface area contributed by atoms with E-state index in [-0.39, 0.29) is 5.75 Å². The van der Waals surface area contributed by atoms with Crippen molar-refractivity contribution in [2.45, 2.75) is 12.0 Å². The van der Waals surface area contributed by atoms with E-state index >= 15 is 0 Å². The molecule has 33 heavy (non-hydrogen) atoms. The van der Waals surface area contributed by atoms with Crippen molar-refractivity contribution < 1.29 is 28.9 Å². The third kappa shape index (κ3) is 3.89. The van der Waals surface area contributed by atoms with E-state index < -0.39 is 5.60 Å². The summed E-state index contributed by atoms with van der Waals surface area (Å²) in [5.74, 6) is 1.74. The van der Waals surface area contributed by atoms with Crippen LogP contribution in [0.15, 0.2) is 59.8 Å². The summed E-state index contributed by atoms with van der Waals surface area (Å²) in [6.07, 6.45) is 0.348. The summed E-state index contributed by atoms with van der Waals surface area (Å²) in [6, 6.07) is 16.2. The van der Waals surface area contributed by atoms with Crippen molar-refractivity contribution in [3.8, 4) is 28.7 Å². The van der Waals surface area contributed by atoms with Gasteiger partial charge in [-0.1, -0.05) is 41.0 Å². The van der Waals surface area contributed by atoms with E-state index in [1.165, 1.54) is 7.11 Å². The van der Waals surface area contributed by atoms with Gasteiger partial charge in [0.15, 0.2) is 28.6 Å². The summed E-state index contributed by atoms with van der Waals surface area (Å²) >= 11 is 6.44. The molecule has 0 aliphatic carbocycles. The highest BCUT2D eigenvalue weighted by Gasteiger charge is 2.45. The van der Waals surface area contributed by atoms with Gasteiger partial charge in [0.1, 0.15) is 0 Å². The number of hydrogen-bond acceptors (Lipinski definition) is 7. The van der Waals surface area contributed by atoms with Crippen LogP contribution in [0.2, 0.25) is 5.02 Å². The highest BCUT2D eigenvalue weighted by molar-refractivity contribution is 6.34. The van der Waals surface area contributed by atoms with Gasteiger partial charge in [0.2, 0.25) is 5.75 Å². The van der Waals surface area contributed by atoms with Crippen LogP contribution in [0, 0.1) is 0 Å². The van der Waals surface area contributed by atoms with Crippen molar-refractivity contribution in [3.63, 3.8) is 0 Å². The molecule has 1 aliphatic heterocycles. The highest BCUT2D eigenvalue weighted by atomic mass is 35.5. The van der Waals surface area contributed by atoms with Crippen LogP contribution in [0.1, 0.15) is 23.1 Å². The Morgan fingerprint density at radius 1 is 0.848 bits per heavy atom. The smallest absolute Gasteiger partial charge is 0.203 e. The highest BCUT2D eigenvalue weighted by Crippen LogP contribution is 2.49. The molecule has 0 saturated heterocycles. The second-order valence-electron chi connectivity index (χ2n) is 7.41. The van der Waals surface area contributed by atoms with E-state index in [0.29, 0.717) is 51.3 Å². The molecule has 0 aromatic heterocycles. The molecule has 3 aromatic carbocycles. The number of benzene rings is 3. The molecular weight excluding hydrogens is 446 g/mol. The largest absolute Gasteiger partial charge is 0.504 e. The van der Waals surface area contributed by atoms with Gasteiger partial charge < -0.3 is 28.9 Å². The van der Waals surface area contributed by atoms with Crippen LogP contribution in [-0.2, 0) is 10.4 Å². The number of halogens is 1. The molecule has 1 unspecified atom stereocenters. The van der Waals surface area contributed by atoms with Crippen molar-refractivity contribution in [2.24, 2.45) is 5.16 Å². The Bertz CT molecular complexity index is 1190. The summed E-state index contributed by atoms with van der Waals surface area (Å²) in [6.45, 7) is 0. The summed E-state index contributed by atoms with van der Waals surface area (Å²) in [7, 11) is 6.14. The minimum absolute atomic E-state index is 0.0170. The minimum atomic E-state index is -1.09. The Morgan fingerprint density at radius 2 is 1.52 bits per heavy atom. The van der Waals surface area contributed by atoms with Gasteiger partial charge in [-0.2, -0.15) is 0 Å². The second-order valence-corrected chi connectivity index (χ2v) is 7.82. The molecule has 1 N–H and O–H groups in total. The van der Waals surface area contributed by atoms with Gasteiger partial charge in [-0.25, -0.2) is 0 Å². The van der Waals surface area contributed by atoms with Crippen LogP contribution in [0.3, 0.4) is 0 Å². The Hall–Kier alpha value is -3.58. The molecule has 1 atom stereocenters. The zero-order chi connectivity index (χ0) is 23.6. The monoisotopic (exact) mass is 469 g/mol. The first-order valence-corrected chi connectivity index (χ1v) is 10.5. The predicted octanol–water partition coefficient (Wildman–Crippen LogP) is 5.15. The van der Waals surface area contributed by atoms with Crippen molar-refractivity contribution in [2.75, 3.05) is 28.4 Å². The van der Waals surface area contributed by atoms with Crippen molar-refractivity contribution in [1.82, 2.24) is 0 Å². The topological polar surface area (TPSA) is 78.7 Å². The zero-order valence-corrected chi connectivity index (χ0v) is 19.5. The fraction of sp³-hybridized carbons (Fsp3) is 0.240. The Labute approximate surface area is 197 Å². The number of phenols is 1. The Morgan fingerprint density at radius 3 is 2.09 bits per heavy atom. The first-order valence-electron chi connectivity index (χ1n) is 10.1. The number of phenolic OH excluding ortho intramolecular Hbond substituents is 1. The SMILES string of the molecule is COc1ccc(C2(c3cc(OC)c(OC)c(OC)c3)CC(c3ccccc3Cl)=NO2)cc1O. The van der Waals surface area contributed by atoms with Gasteiger partial charge in [0.25, 0.3) is 0 Å². The van der Waals surface area contributed by atoms with Crippen molar-refractivity contribution >= 4 is 17.3 Å². The number of nitrogens with zero attached hydrogens (tertiary/aromatic N) is 1. The van der Waals surface area contributed by atoms with Crippen LogP contribution in [0.25, 0.3) is 0 Å². The van der Waals surface area contributed by atoms with Gasteiger partial charge in [0, 0.05) is 28.1 Å². The van der Waals surface area contributed by atoms with E-state index in [1.54, 1.807) is 39.5 Å². The number of oxime groups is 1. The first kappa shape index (κ1) is 22.6. The molecule has 0 fully saturated rings. The molecule has 7 nitrogen and oxygen atoms in total. The molecule has 0 saturated carbocycles. The molecule has 1 heterocycles. The maximum Gasteiger partial charge on any atom is 0.203 e. The van der Waals surface area contributed by atoms with E-state index in [1.807, 2.05) is 36.4 Å². The van der Waals surface area contributed by atoms with Crippen molar-refractivity contribution in [3.05, 3.63) is 76.3 Å². The second kappa shape index (κ2) is 9.11. The standard InChI is InChI=1S/C25H24ClNO6/c1-29-21-10-9-15(11-20(21)28)25(14-19(27-33-25)17-7-5-6-8-18(17)26)16-12-22(30-2)24(32-4)23(13-16)31-3/h5-13,28H,14H2,1-4H3. The van der Waals surface area contributed by atoms with Crippen LogP contribution in [-0.4, -0.2) is 39.3 Å². The lowest BCUT2D eigenvalue weighted by Gasteiger charge is -2.29. The Kier molecular flexibility index (Phi) is 6.24. The van der Waals surface area contributed by atoms with Gasteiger partial charge in [0.05, 0.1) is 34.2 Å². The number of methoxy groups -OCH3 is 4. The molecule has 8 heteroatoms. The summed E-state index contributed by atoms with van der Waals surface area (Å²) < 4.78 is 21.8. The van der Waals surface area contributed by atoms with Crippen LogP contribution in [0.4, 0.5) is 0 Å². The van der Waals surface area contributed by atoms with E-state index in [4.69, 9.17) is 35.4 Å². The molecule has 1 aliphatic rings. The number of aromatic hydroxyl groups is 1. The Balaban J connectivity index is 1.91. The van der Waals surface area contributed by atoms with Crippen LogP contribution < -0.4 is 18.9 Å².